The van der Waals surface area contributed by atoms with E-state index in [1.165, 1.54) is 0 Å². The molecule has 18 heavy (non-hydrogen) atoms. The molecular weight excluding hydrogens is 228 g/mol. The van der Waals surface area contributed by atoms with Crippen molar-refractivity contribution in [2.45, 2.75) is 0 Å². The number of carbonyl (C=O) groups excluding carboxylic acids is 1. The lowest BCUT2D eigenvalue weighted by molar-refractivity contribution is 0.0744. The Hall–Kier alpha value is -1.83. The highest BCUT2D eigenvalue weighted by Crippen LogP contribution is 2.06. The fourth-order valence-corrected chi connectivity index (χ4v) is 1.40. The Labute approximate surface area is 108 Å². The van der Waals surface area contributed by atoms with Crippen LogP contribution in [0.3, 0.4) is 0 Å². The van der Waals surface area contributed by atoms with Crippen molar-refractivity contribution in [2.75, 3.05) is 33.9 Å². The fourth-order valence-electron chi connectivity index (χ4n) is 1.40. The van der Waals surface area contributed by atoms with Crippen LogP contribution in [0, 0.1) is 11.8 Å². The second kappa shape index (κ2) is 7.49. The Morgan fingerprint density at radius 3 is 2.61 bits per heavy atom. The maximum absolute atomic E-state index is 12.0. The standard InChI is InChI=1S/C14H18N2O2/c1-16(10-11-18-2)14(17)13-7-5-12(6-8-13)4-3-9-15/h5-8H,9-11,15H2,1-2H3. The van der Waals surface area contributed by atoms with Gasteiger partial charge in [-0.25, -0.2) is 0 Å². The lowest BCUT2D eigenvalue weighted by atomic mass is 10.1. The van der Waals surface area contributed by atoms with Crippen molar-refractivity contribution in [1.29, 1.82) is 0 Å². The molecule has 0 bridgehead atoms. The van der Waals surface area contributed by atoms with Crippen molar-refractivity contribution in [3.05, 3.63) is 35.4 Å². The predicted molar refractivity (Wildman–Crippen MR) is 71.2 cm³/mol. The van der Waals surface area contributed by atoms with Crippen LogP contribution in [-0.4, -0.2) is 44.7 Å². The first-order chi connectivity index (χ1) is 8.69. The Kier molecular flexibility index (Phi) is 5.92. The van der Waals surface area contributed by atoms with Crippen molar-refractivity contribution < 1.29 is 9.53 Å². The molecule has 0 heterocycles. The van der Waals surface area contributed by atoms with Gasteiger partial charge in [0.1, 0.15) is 0 Å². The van der Waals surface area contributed by atoms with Crippen LogP contribution in [-0.2, 0) is 4.74 Å². The number of nitrogens with zero attached hydrogens (tertiary/aromatic N) is 1. The molecule has 0 aliphatic rings. The van der Waals surface area contributed by atoms with Gasteiger partial charge in [0.05, 0.1) is 13.2 Å². The monoisotopic (exact) mass is 246 g/mol. The van der Waals surface area contributed by atoms with E-state index in [4.69, 9.17) is 10.5 Å². The molecule has 0 aromatic heterocycles. The molecule has 0 radical (unpaired) electrons. The first kappa shape index (κ1) is 14.2. The van der Waals surface area contributed by atoms with Gasteiger partial charge in [-0.15, -0.1) is 0 Å². The molecular formula is C14H18N2O2. The number of benzene rings is 1. The number of ether oxygens (including phenoxy) is 1. The number of hydrogen-bond acceptors (Lipinski definition) is 3. The lowest BCUT2D eigenvalue weighted by Gasteiger charge is -2.16. The SMILES string of the molecule is COCCN(C)C(=O)c1ccc(C#CCN)cc1. The second-order valence-corrected chi connectivity index (χ2v) is 3.80. The third kappa shape index (κ3) is 4.21. The molecule has 4 heteroatoms. The van der Waals surface area contributed by atoms with Gasteiger partial charge in [0.2, 0.25) is 0 Å². The normalized spacial score (nSPS) is 9.50. The Balaban J connectivity index is 2.69. The average molecular weight is 246 g/mol. The minimum atomic E-state index is -0.0228. The highest BCUT2D eigenvalue weighted by Gasteiger charge is 2.10. The molecule has 0 fully saturated rings. The first-order valence-electron chi connectivity index (χ1n) is 5.72. The largest absolute Gasteiger partial charge is 0.383 e. The molecule has 0 spiro atoms. The number of carbonyl (C=O) groups is 1. The van der Waals surface area contributed by atoms with Crippen molar-refractivity contribution in [1.82, 2.24) is 4.90 Å². The van der Waals surface area contributed by atoms with Crippen LogP contribution < -0.4 is 5.73 Å². The smallest absolute Gasteiger partial charge is 0.253 e. The van der Waals surface area contributed by atoms with Crippen molar-refractivity contribution in [2.24, 2.45) is 5.73 Å². The molecule has 0 atom stereocenters. The summed E-state index contributed by atoms with van der Waals surface area (Å²) in [4.78, 5) is 13.6. The minimum absolute atomic E-state index is 0.0228. The summed E-state index contributed by atoms with van der Waals surface area (Å²) in [6.45, 7) is 1.44. The second-order valence-electron chi connectivity index (χ2n) is 3.80. The maximum Gasteiger partial charge on any atom is 0.253 e. The minimum Gasteiger partial charge on any atom is -0.383 e. The molecule has 0 unspecified atom stereocenters. The summed E-state index contributed by atoms with van der Waals surface area (Å²) >= 11 is 0. The van der Waals surface area contributed by atoms with E-state index in [1.54, 1.807) is 31.2 Å². The van der Waals surface area contributed by atoms with Gasteiger partial charge in [0.15, 0.2) is 0 Å². The summed E-state index contributed by atoms with van der Waals surface area (Å²) in [5, 5.41) is 0. The van der Waals surface area contributed by atoms with Crippen molar-refractivity contribution in [3.63, 3.8) is 0 Å². The van der Waals surface area contributed by atoms with E-state index in [9.17, 15) is 4.79 Å². The summed E-state index contributed by atoms with van der Waals surface area (Å²) in [6, 6.07) is 7.18. The first-order valence-corrected chi connectivity index (χ1v) is 5.72. The molecule has 4 nitrogen and oxygen atoms in total. The lowest BCUT2D eigenvalue weighted by Crippen LogP contribution is -2.29. The van der Waals surface area contributed by atoms with Gasteiger partial charge in [0.25, 0.3) is 5.91 Å². The molecule has 2 N–H and O–H groups in total. The molecule has 96 valence electrons. The summed E-state index contributed by atoms with van der Waals surface area (Å²) in [6.07, 6.45) is 0. The zero-order valence-corrected chi connectivity index (χ0v) is 10.8. The van der Waals surface area contributed by atoms with Crippen LogP contribution >= 0.6 is 0 Å². The topological polar surface area (TPSA) is 55.6 Å². The van der Waals surface area contributed by atoms with Crippen LogP contribution in [0.5, 0.6) is 0 Å². The van der Waals surface area contributed by atoms with Gasteiger partial charge in [-0.1, -0.05) is 11.8 Å². The number of nitrogens with two attached hydrogens (primary N) is 1. The highest BCUT2D eigenvalue weighted by atomic mass is 16.5. The van der Waals surface area contributed by atoms with Crippen molar-refractivity contribution in [3.8, 4) is 11.8 Å². The zero-order valence-electron chi connectivity index (χ0n) is 10.8. The van der Waals surface area contributed by atoms with Gasteiger partial charge in [-0.2, -0.15) is 0 Å². The molecule has 0 saturated carbocycles. The Morgan fingerprint density at radius 2 is 2.06 bits per heavy atom. The van der Waals surface area contributed by atoms with E-state index in [2.05, 4.69) is 11.8 Å². The van der Waals surface area contributed by atoms with Gasteiger partial charge in [0, 0.05) is 31.8 Å². The number of methoxy groups -OCH3 is 1. The van der Waals surface area contributed by atoms with E-state index in [-0.39, 0.29) is 5.91 Å². The summed E-state index contributed by atoms with van der Waals surface area (Å²) in [5.41, 5.74) is 6.80. The molecule has 1 rings (SSSR count). The Morgan fingerprint density at radius 1 is 1.39 bits per heavy atom. The van der Waals surface area contributed by atoms with Crippen molar-refractivity contribution >= 4 is 5.91 Å². The third-order valence-corrected chi connectivity index (χ3v) is 2.44. The van der Waals surface area contributed by atoms with Crippen LogP contribution in [0.2, 0.25) is 0 Å². The number of amides is 1. The van der Waals surface area contributed by atoms with E-state index in [1.807, 2.05) is 12.1 Å². The summed E-state index contributed by atoms with van der Waals surface area (Å²) in [7, 11) is 3.37. The number of rotatable bonds is 4. The quantitative estimate of drug-likeness (QED) is 0.796. The molecule has 0 aliphatic heterocycles. The van der Waals surface area contributed by atoms with Gasteiger partial charge in [-0.05, 0) is 24.3 Å². The van der Waals surface area contributed by atoms with E-state index in [0.717, 1.165) is 5.56 Å². The van der Waals surface area contributed by atoms with E-state index in [0.29, 0.717) is 25.3 Å². The summed E-state index contributed by atoms with van der Waals surface area (Å²) in [5.74, 6) is 5.66. The zero-order chi connectivity index (χ0) is 13.4. The molecule has 1 aromatic carbocycles. The Bertz CT molecular complexity index is 443. The van der Waals surface area contributed by atoms with Crippen LogP contribution in [0.1, 0.15) is 15.9 Å². The number of hydrogen-bond donors (Lipinski definition) is 1. The van der Waals surface area contributed by atoms with Crippen LogP contribution in [0.4, 0.5) is 0 Å². The van der Waals surface area contributed by atoms with Gasteiger partial charge in [-0.3, -0.25) is 4.79 Å². The average Bonchev–Trinajstić information content (AvgIpc) is 2.42. The molecule has 1 aromatic rings. The molecule has 0 saturated heterocycles. The van der Waals surface area contributed by atoms with Crippen LogP contribution in [0.15, 0.2) is 24.3 Å². The van der Waals surface area contributed by atoms with E-state index < -0.39 is 0 Å². The van der Waals surface area contributed by atoms with Gasteiger partial charge < -0.3 is 15.4 Å². The molecule has 0 aliphatic carbocycles. The highest BCUT2D eigenvalue weighted by molar-refractivity contribution is 5.94. The molecule has 1 amide bonds. The van der Waals surface area contributed by atoms with E-state index >= 15 is 0 Å². The number of likely N-dealkylation sites (N-methyl/N-ethyl adjacent to an activating group) is 1. The third-order valence-electron chi connectivity index (χ3n) is 2.44. The van der Waals surface area contributed by atoms with Gasteiger partial charge >= 0.3 is 0 Å². The predicted octanol–water partition coefficient (Wildman–Crippen LogP) is 0.715. The maximum atomic E-state index is 12.0. The van der Waals surface area contributed by atoms with Crippen LogP contribution in [0.25, 0.3) is 0 Å². The summed E-state index contributed by atoms with van der Waals surface area (Å²) < 4.78 is 4.94. The fraction of sp³-hybridized carbons (Fsp3) is 0.357.